The van der Waals surface area contributed by atoms with Gasteiger partial charge in [0.1, 0.15) is 13.2 Å². The van der Waals surface area contributed by atoms with E-state index in [0.717, 1.165) is 16.7 Å². The number of allylic oxidation sites excluding steroid dienone is 2. The van der Waals surface area contributed by atoms with Gasteiger partial charge in [0.15, 0.2) is 0 Å². The van der Waals surface area contributed by atoms with Gasteiger partial charge in [-0.1, -0.05) is 103 Å². The zero-order valence-electron chi connectivity index (χ0n) is 28.5. The van der Waals surface area contributed by atoms with E-state index >= 15 is 0 Å². The number of aliphatic hydroxyl groups is 1. The van der Waals surface area contributed by atoms with E-state index in [0.29, 0.717) is 51.5 Å². The monoisotopic (exact) mass is 683 g/mol. The van der Waals surface area contributed by atoms with Crippen molar-refractivity contribution in [3.05, 3.63) is 120 Å². The van der Waals surface area contributed by atoms with Crippen molar-refractivity contribution in [2.24, 2.45) is 11.8 Å². The second-order valence-corrected chi connectivity index (χ2v) is 12.7. The van der Waals surface area contributed by atoms with Crippen LogP contribution in [0.15, 0.2) is 103 Å². The molecule has 0 spiro atoms. The maximum atomic E-state index is 13.6. The first kappa shape index (κ1) is 37.9. The highest BCUT2D eigenvalue weighted by molar-refractivity contribution is 5.86. The Morgan fingerprint density at radius 1 is 0.840 bits per heavy atom. The molecule has 10 nitrogen and oxygen atoms in total. The largest absolute Gasteiger partial charge is 0.463 e. The van der Waals surface area contributed by atoms with Gasteiger partial charge in [0.05, 0.1) is 30.5 Å². The van der Waals surface area contributed by atoms with Gasteiger partial charge >= 0.3 is 12.1 Å². The summed E-state index contributed by atoms with van der Waals surface area (Å²) in [5, 5.41) is 18.6. The highest BCUT2D eigenvalue weighted by atomic mass is 16.5. The van der Waals surface area contributed by atoms with E-state index in [9.17, 15) is 24.3 Å². The van der Waals surface area contributed by atoms with Gasteiger partial charge in [-0.2, -0.15) is 0 Å². The van der Waals surface area contributed by atoms with Crippen molar-refractivity contribution in [2.75, 3.05) is 19.8 Å². The molecule has 266 valence electrons. The quantitative estimate of drug-likeness (QED) is 0.0998. The number of hydrogen-bond acceptors (Lipinski definition) is 7. The minimum Gasteiger partial charge on any atom is -0.463 e. The maximum Gasteiger partial charge on any atom is 0.407 e. The SMILES string of the molecule is O=C(C[C@H]1CC=CC[C@@H](Cc2ccccc2)C(=O)OC[C@H](CCCCNC(=O)OCc2ccccc2)NC1=O)N[C@H](CO)Cc1ccccc1. The molecule has 10 heteroatoms. The summed E-state index contributed by atoms with van der Waals surface area (Å²) in [5.41, 5.74) is 2.91. The Kier molecular flexibility index (Phi) is 16.0. The van der Waals surface area contributed by atoms with Crippen LogP contribution in [0.5, 0.6) is 0 Å². The molecule has 0 bridgehead atoms. The van der Waals surface area contributed by atoms with E-state index < -0.39 is 30.0 Å². The van der Waals surface area contributed by atoms with E-state index in [1.807, 2.05) is 103 Å². The molecule has 3 amide bonds. The lowest BCUT2D eigenvalue weighted by Crippen LogP contribution is -2.45. The summed E-state index contributed by atoms with van der Waals surface area (Å²) in [5.74, 6) is -2.02. The van der Waals surface area contributed by atoms with E-state index in [2.05, 4.69) is 16.0 Å². The summed E-state index contributed by atoms with van der Waals surface area (Å²) in [7, 11) is 0. The number of esters is 1. The molecule has 0 saturated carbocycles. The second-order valence-electron chi connectivity index (χ2n) is 12.7. The van der Waals surface area contributed by atoms with Crippen LogP contribution in [0.4, 0.5) is 4.79 Å². The van der Waals surface area contributed by atoms with E-state index in [1.54, 1.807) is 0 Å². The zero-order chi connectivity index (χ0) is 35.4. The molecule has 1 heterocycles. The van der Waals surface area contributed by atoms with Crippen molar-refractivity contribution in [3.8, 4) is 0 Å². The number of aliphatic hydroxyl groups excluding tert-OH is 1. The van der Waals surface area contributed by atoms with Crippen LogP contribution in [-0.2, 0) is 43.3 Å². The van der Waals surface area contributed by atoms with Gasteiger partial charge in [-0.3, -0.25) is 14.4 Å². The molecule has 50 heavy (non-hydrogen) atoms. The number of amides is 3. The first-order valence-corrected chi connectivity index (χ1v) is 17.4. The highest BCUT2D eigenvalue weighted by Gasteiger charge is 2.27. The molecule has 0 fully saturated rings. The van der Waals surface area contributed by atoms with Crippen molar-refractivity contribution < 1.29 is 33.8 Å². The van der Waals surface area contributed by atoms with Gasteiger partial charge in [-0.25, -0.2) is 4.79 Å². The van der Waals surface area contributed by atoms with E-state index in [-0.39, 0.29) is 44.0 Å². The third kappa shape index (κ3) is 13.9. The number of rotatable bonds is 15. The van der Waals surface area contributed by atoms with Crippen LogP contribution in [0.25, 0.3) is 0 Å². The lowest BCUT2D eigenvalue weighted by Gasteiger charge is -2.25. The maximum absolute atomic E-state index is 13.6. The summed E-state index contributed by atoms with van der Waals surface area (Å²) in [6, 6.07) is 27.8. The number of benzene rings is 3. The molecule has 3 aromatic rings. The summed E-state index contributed by atoms with van der Waals surface area (Å²) < 4.78 is 11.1. The third-order valence-corrected chi connectivity index (χ3v) is 8.61. The van der Waals surface area contributed by atoms with Crippen LogP contribution in [0.1, 0.15) is 55.2 Å². The van der Waals surface area contributed by atoms with Crippen LogP contribution in [0.3, 0.4) is 0 Å². The van der Waals surface area contributed by atoms with Gasteiger partial charge in [-0.15, -0.1) is 0 Å². The average molecular weight is 684 g/mol. The lowest BCUT2D eigenvalue weighted by molar-refractivity contribution is -0.150. The Hall–Kier alpha value is -4.96. The minimum atomic E-state index is -0.659. The molecule has 0 unspecified atom stereocenters. The molecular formula is C40H49N3O7. The van der Waals surface area contributed by atoms with Crippen LogP contribution < -0.4 is 16.0 Å². The Balaban J connectivity index is 1.35. The number of ether oxygens (including phenoxy) is 2. The number of alkyl carbamates (subject to hydrolysis) is 1. The zero-order valence-corrected chi connectivity index (χ0v) is 28.5. The predicted octanol–water partition coefficient (Wildman–Crippen LogP) is 5.05. The fourth-order valence-electron chi connectivity index (χ4n) is 5.83. The summed E-state index contributed by atoms with van der Waals surface area (Å²) in [4.78, 5) is 52.1. The van der Waals surface area contributed by atoms with Crippen LogP contribution in [0.2, 0.25) is 0 Å². The Labute approximate surface area is 294 Å². The first-order chi connectivity index (χ1) is 24.4. The second kappa shape index (κ2) is 21.2. The predicted molar refractivity (Wildman–Crippen MR) is 191 cm³/mol. The average Bonchev–Trinajstić information content (AvgIpc) is 3.13. The summed E-state index contributed by atoms with van der Waals surface area (Å²) in [6.07, 6.45) is 6.67. The molecule has 0 saturated heterocycles. The molecule has 0 aromatic heterocycles. The van der Waals surface area contributed by atoms with Crippen molar-refractivity contribution in [3.63, 3.8) is 0 Å². The van der Waals surface area contributed by atoms with Crippen molar-refractivity contribution in [2.45, 2.75) is 70.1 Å². The smallest absolute Gasteiger partial charge is 0.407 e. The van der Waals surface area contributed by atoms with Gasteiger partial charge < -0.3 is 30.5 Å². The van der Waals surface area contributed by atoms with Crippen molar-refractivity contribution >= 4 is 23.9 Å². The normalized spacial score (nSPS) is 18.8. The van der Waals surface area contributed by atoms with Crippen LogP contribution in [0, 0.1) is 11.8 Å². The van der Waals surface area contributed by atoms with E-state index in [4.69, 9.17) is 9.47 Å². The molecule has 1 aliphatic rings. The van der Waals surface area contributed by atoms with Gasteiger partial charge in [0.25, 0.3) is 0 Å². The minimum absolute atomic E-state index is 0.00526. The van der Waals surface area contributed by atoms with Crippen LogP contribution in [-0.4, -0.2) is 60.8 Å². The molecule has 4 rings (SSSR count). The molecule has 1 aliphatic heterocycles. The summed E-state index contributed by atoms with van der Waals surface area (Å²) >= 11 is 0. The Morgan fingerprint density at radius 2 is 1.46 bits per heavy atom. The van der Waals surface area contributed by atoms with E-state index in [1.165, 1.54) is 0 Å². The number of unbranched alkanes of at least 4 members (excludes halogenated alkanes) is 1. The van der Waals surface area contributed by atoms with Gasteiger partial charge in [0, 0.05) is 13.0 Å². The highest BCUT2D eigenvalue weighted by Crippen LogP contribution is 2.19. The van der Waals surface area contributed by atoms with Crippen molar-refractivity contribution in [1.29, 1.82) is 0 Å². The van der Waals surface area contributed by atoms with Crippen molar-refractivity contribution in [1.82, 2.24) is 16.0 Å². The molecule has 3 aromatic carbocycles. The number of nitrogens with one attached hydrogen (secondary N) is 3. The number of hydrogen-bond donors (Lipinski definition) is 4. The van der Waals surface area contributed by atoms with Gasteiger partial charge in [-0.05, 0) is 61.6 Å². The fraction of sp³-hybridized carbons (Fsp3) is 0.400. The number of cyclic esters (lactones) is 1. The molecule has 0 aliphatic carbocycles. The Bertz CT molecular complexity index is 1500. The first-order valence-electron chi connectivity index (χ1n) is 17.4. The van der Waals surface area contributed by atoms with Gasteiger partial charge in [0.2, 0.25) is 11.8 Å². The molecule has 4 N–H and O–H groups in total. The molecule has 0 radical (unpaired) electrons. The standard InChI is InChI=1S/C40H49N3O7/c44-27-36(25-31-16-6-2-7-17-31)42-37(45)26-33-20-10-11-21-34(24-30-14-4-1-5-15-30)39(47)49-29-35(43-38(33)46)22-12-13-23-41-40(48)50-28-32-18-8-3-9-19-32/h1-11,14-19,33-36,44H,12-13,20-29H2,(H,41,48)(H,42,45)(H,43,46)/t33-,34+,35+,36+/m1/s1. The number of carbonyl (C=O) groups excluding carboxylic acids is 4. The van der Waals surface area contributed by atoms with Crippen LogP contribution >= 0.6 is 0 Å². The lowest BCUT2D eigenvalue weighted by atomic mass is 9.94. The third-order valence-electron chi connectivity index (χ3n) is 8.61. The molecular weight excluding hydrogens is 634 g/mol. The summed E-state index contributed by atoms with van der Waals surface area (Å²) in [6.45, 7) is 0.331. The molecule has 4 atom stereocenters. The topological polar surface area (TPSA) is 143 Å². The number of carbonyl (C=O) groups is 4. The Morgan fingerprint density at radius 3 is 2.12 bits per heavy atom. The fourth-order valence-corrected chi connectivity index (χ4v) is 5.83.